The number of hydrogen-bond donors (Lipinski definition) is 0. The molecule has 1 heterocycles. The van der Waals surface area contributed by atoms with Gasteiger partial charge in [0, 0.05) is 17.9 Å². The highest BCUT2D eigenvalue weighted by atomic mass is 127. The van der Waals surface area contributed by atoms with Crippen molar-refractivity contribution >= 4 is 65.4 Å². The topological polar surface area (TPSA) is 12.9 Å². The quantitative estimate of drug-likeness (QED) is 0.526. The van der Waals surface area contributed by atoms with E-state index in [1.165, 1.54) is 9.13 Å². The van der Waals surface area contributed by atoms with E-state index in [-0.39, 0.29) is 0 Å². The van der Waals surface area contributed by atoms with Crippen LogP contribution in [0.15, 0.2) is 21.1 Å². The van der Waals surface area contributed by atoms with E-state index in [9.17, 15) is 0 Å². The number of nitrogens with zero attached hydrogens (tertiary/aromatic N) is 1. The van der Waals surface area contributed by atoms with Crippen LogP contribution in [0.1, 0.15) is 11.3 Å². The van der Waals surface area contributed by atoms with Crippen molar-refractivity contribution in [3.05, 3.63) is 35.9 Å². The molecule has 0 aliphatic rings. The Morgan fingerprint density at radius 2 is 1.87 bits per heavy atom. The molecule has 0 unspecified atom stereocenters. The van der Waals surface area contributed by atoms with E-state index in [0.717, 1.165) is 25.5 Å². The van der Waals surface area contributed by atoms with Crippen molar-refractivity contribution in [2.45, 2.75) is 13.8 Å². The standard InChI is InChI=1S/C11H8Br2IN/c1-5-3-7(12)4-8-9(13)10(14)6(2)15-11(5)8/h3-4H,1-2H3. The predicted molar refractivity (Wildman–Crippen MR) is 79.3 cm³/mol. The van der Waals surface area contributed by atoms with Gasteiger partial charge < -0.3 is 0 Å². The molecular formula is C11H8Br2IN. The molecule has 0 atom stereocenters. The lowest BCUT2D eigenvalue weighted by Crippen LogP contribution is -1.93. The molecule has 2 aromatic rings. The van der Waals surface area contributed by atoms with Crippen LogP contribution in [0.3, 0.4) is 0 Å². The second-order valence-corrected chi connectivity index (χ2v) is 6.23. The number of aromatic nitrogens is 1. The number of pyridine rings is 1. The molecule has 0 aliphatic carbocycles. The van der Waals surface area contributed by atoms with Gasteiger partial charge in [0.15, 0.2) is 0 Å². The molecule has 0 N–H and O–H groups in total. The smallest absolute Gasteiger partial charge is 0.0747 e. The molecule has 1 aromatic carbocycles. The summed E-state index contributed by atoms with van der Waals surface area (Å²) in [5.41, 5.74) is 3.34. The maximum absolute atomic E-state index is 4.62. The maximum Gasteiger partial charge on any atom is 0.0747 e. The fourth-order valence-electron chi connectivity index (χ4n) is 1.55. The van der Waals surface area contributed by atoms with Crippen LogP contribution >= 0.6 is 54.5 Å². The van der Waals surface area contributed by atoms with E-state index in [2.05, 4.69) is 78.5 Å². The van der Waals surface area contributed by atoms with Gasteiger partial charge in [-0.05, 0) is 70.1 Å². The third-order valence-electron chi connectivity index (χ3n) is 2.29. The van der Waals surface area contributed by atoms with Gasteiger partial charge in [0.2, 0.25) is 0 Å². The Morgan fingerprint density at radius 3 is 2.53 bits per heavy atom. The molecule has 1 aromatic heterocycles. The van der Waals surface area contributed by atoms with Crippen LogP contribution in [0, 0.1) is 17.4 Å². The largest absolute Gasteiger partial charge is 0.252 e. The van der Waals surface area contributed by atoms with Crippen molar-refractivity contribution in [1.29, 1.82) is 0 Å². The Balaban J connectivity index is 2.98. The van der Waals surface area contributed by atoms with Gasteiger partial charge in [0.1, 0.15) is 0 Å². The highest BCUT2D eigenvalue weighted by Gasteiger charge is 2.10. The van der Waals surface area contributed by atoms with Crippen LogP contribution in [0.4, 0.5) is 0 Å². The normalized spacial score (nSPS) is 11.0. The Kier molecular flexibility index (Phi) is 3.38. The van der Waals surface area contributed by atoms with Crippen molar-refractivity contribution in [2.75, 3.05) is 0 Å². The van der Waals surface area contributed by atoms with Gasteiger partial charge in [-0.15, -0.1) is 0 Å². The van der Waals surface area contributed by atoms with E-state index >= 15 is 0 Å². The van der Waals surface area contributed by atoms with Gasteiger partial charge in [-0.1, -0.05) is 15.9 Å². The molecule has 0 bridgehead atoms. The Morgan fingerprint density at radius 1 is 1.20 bits per heavy atom. The highest BCUT2D eigenvalue weighted by Crippen LogP contribution is 2.33. The molecule has 0 spiro atoms. The van der Waals surface area contributed by atoms with Crippen molar-refractivity contribution in [1.82, 2.24) is 4.98 Å². The van der Waals surface area contributed by atoms with Gasteiger partial charge in [0.05, 0.1) is 11.2 Å². The van der Waals surface area contributed by atoms with Crippen LogP contribution in [0.2, 0.25) is 0 Å². The summed E-state index contributed by atoms with van der Waals surface area (Å²) in [5.74, 6) is 0. The third kappa shape index (κ3) is 2.08. The molecule has 0 fully saturated rings. The molecule has 2 rings (SSSR count). The predicted octanol–water partition coefficient (Wildman–Crippen LogP) is 4.98. The van der Waals surface area contributed by atoms with Crippen molar-refractivity contribution in [3.8, 4) is 0 Å². The first-order chi connectivity index (χ1) is 7.00. The molecule has 0 radical (unpaired) electrons. The monoisotopic (exact) mass is 439 g/mol. The summed E-state index contributed by atoms with van der Waals surface area (Å²) in [6, 6.07) is 4.19. The molecule has 1 nitrogen and oxygen atoms in total. The summed E-state index contributed by atoms with van der Waals surface area (Å²) in [4.78, 5) is 4.62. The van der Waals surface area contributed by atoms with Crippen LogP contribution in [0.25, 0.3) is 10.9 Å². The lowest BCUT2D eigenvalue weighted by atomic mass is 10.1. The van der Waals surface area contributed by atoms with Gasteiger partial charge >= 0.3 is 0 Å². The van der Waals surface area contributed by atoms with Crippen LogP contribution in [-0.4, -0.2) is 4.98 Å². The number of halogens is 3. The fraction of sp³-hybridized carbons (Fsp3) is 0.182. The van der Waals surface area contributed by atoms with E-state index in [0.29, 0.717) is 0 Å². The Bertz CT molecular complexity index is 552. The average Bonchev–Trinajstić information content (AvgIpc) is 2.17. The second kappa shape index (κ2) is 4.30. The zero-order chi connectivity index (χ0) is 11.2. The summed E-state index contributed by atoms with van der Waals surface area (Å²) in [6.45, 7) is 4.12. The minimum Gasteiger partial charge on any atom is -0.252 e. The first-order valence-electron chi connectivity index (χ1n) is 4.42. The molecule has 0 amide bonds. The minimum atomic E-state index is 1.07. The van der Waals surface area contributed by atoms with Crippen molar-refractivity contribution < 1.29 is 0 Å². The Labute approximate surface area is 119 Å². The number of aryl methyl sites for hydroxylation is 2. The average molecular weight is 441 g/mol. The fourth-order valence-corrected chi connectivity index (χ4v) is 3.12. The lowest BCUT2D eigenvalue weighted by molar-refractivity contribution is 1.21. The second-order valence-electron chi connectivity index (χ2n) is 3.44. The van der Waals surface area contributed by atoms with Crippen LogP contribution in [0.5, 0.6) is 0 Å². The summed E-state index contributed by atoms with van der Waals surface area (Å²) >= 11 is 9.46. The molecule has 15 heavy (non-hydrogen) atoms. The van der Waals surface area contributed by atoms with Gasteiger partial charge in [0.25, 0.3) is 0 Å². The molecule has 0 aliphatic heterocycles. The van der Waals surface area contributed by atoms with Crippen LogP contribution in [-0.2, 0) is 0 Å². The lowest BCUT2D eigenvalue weighted by Gasteiger charge is -2.08. The van der Waals surface area contributed by atoms with E-state index in [1.54, 1.807) is 0 Å². The molecule has 78 valence electrons. The molecule has 0 saturated heterocycles. The SMILES string of the molecule is Cc1nc2c(C)cc(Br)cc2c(Br)c1I. The first-order valence-corrected chi connectivity index (χ1v) is 7.08. The van der Waals surface area contributed by atoms with Crippen molar-refractivity contribution in [2.24, 2.45) is 0 Å². The summed E-state index contributed by atoms with van der Waals surface area (Å²) in [7, 11) is 0. The summed E-state index contributed by atoms with van der Waals surface area (Å²) in [6.07, 6.45) is 0. The van der Waals surface area contributed by atoms with Gasteiger partial charge in [-0.2, -0.15) is 0 Å². The maximum atomic E-state index is 4.62. The minimum absolute atomic E-state index is 1.07. The first kappa shape index (κ1) is 11.8. The van der Waals surface area contributed by atoms with E-state index in [4.69, 9.17) is 0 Å². The molecule has 0 saturated carbocycles. The number of fused-ring (bicyclic) bond motifs is 1. The van der Waals surface area contributed by atoms with Gasteiger partial charge in [-0.3, -0.25) is 4.98 Å². The number of rotatable bonds is 0. The van der Waals surface area contributed by atoms with E-state index in [1.807, 2.05) is 6.92 Å². The zero-order valence-corrected chi connectivity index (χ0v) is 13.6. The summed E-state index contributed by atoms with van der Waals surface area (Å²) < 4.78 is 3.40. The van der Waals surface area contributed by atoms with Crippen LogP contribution < -0.4 is 0 Å². The third-order valence-corrected chi connectivity index (χ3v) is 5.63. The summed E-state index contributed by atoms with van der Waals surface area (Å²) in [5, 5.41) is 1.16. The van der Waals surface area contributed by atoms with Crippen molar-refractivity contribution in [3.63, 3.8) is 0 Å². The Hall–Kier alpha value is 0.320. The van der Waals surface area contributed by atoms with E-state index < -0.39 is 0 Å². The highest BCUT2D eigenvalue weighted by molar-refractivity contribution is 14.1. The van der Waals surface area contributed by atoms with Gasteiger partial charge in [-0.25, -0.2) is 0 Å². The zero-order valence-electron chi connectivity index (χ0n) is 8.24. The molecule has 4 heteroatoms. The number of benzene rings is 1. The number of hydrogen-bond acceptors (Lipinski definition) is 1. The molecular weight excluding hydrogens is 433 g/mol.